The Bertz CT molecular complexity index is 1370. The van der Waals surface area contributed by atoms with Gasteiger partial charge in [0, 0.05) is 52.5 Å². The Morgan fingerprint density at radius 1 is 1.11 bits per heavy atom. The van der Waals surface area contributed by atoms with Crippen LogP contribution in [0.5, 0.6) is 0 Å². The summed E-state index contributed by atoms with van der Waals surface area (Å²) in [6, 6.07) is 19.0. The number of anilines is 1. The number of halogens is 1. The molecule has 3 aromatic rings. The lowest BCUT2D eigenvalue weighted by Gasteiger charge is -2.36. The maximum absolute atomic E-state index is 14.5. The molecular weight excluding hydrogens is 469 g/mol. The third-order valence-electron chi connectivity index (χ3n) is 7.41. The van der Waals surface area contributed by atoms with Crippen LogP contribution in [0.25, 0.3) is 0 Å². The zero-order valence-corrected chi connectivity index (χ0v) is 19.2. The van der Waals surface area contributed by atoms with Crippen molar-refractivity contribution in [2.75, 3.05) is 16.9 Å². The number of rotatable bonds is 4. The second-order valence-corrected chi connectivity index (χ2v) is 10.0. The molecule has 3 aliphatic rings. The standard InChI is InChI=1S/C26H20FN3O4S/c27-17-8-11-20-19(12-17)26(25(32)28-20)23(24(31)16-4-2-1-3-5-16)22(21-13-35-14-29(21)26)15-6-9-18(10-7-15)30(33)34/h1-12,21-23H,13-14H2,(H,28,32)/t21-,22+,23+,26-/m1/s1. The lowest BCUT2D eigenvalue weighted by atomic mass is 9.69. The smallest absolute Gasteiger partial charge is 0.269 e. The van der Waals surface area contributed by atoms with Crippen LogP contribution in [0.15, 0.2) is 72.8 Å². The number of amides is 1. The van der Waals surface area contributed by atoms with Gasteiger partial charge in [0.1, 0.15) is 11.4 Å². The average molecular weight is 490 g/mol. The highest BCUT2D eigenvalue weighted by atomic mass is 32.2. The van der Waals surface area contributed by atoms with Gasteiger partial charge in [-0.3, -0.25) is 24.6 Å². The maximum atomic E-state index is 14.5. The molecule has 4 atom stereocenters. The molecule has 176 valence electrons. The van der Waals surface area contributed by atoms with Gasteiger partial charge in [0.25, 0.3) is 5.69 Å². The Morgan fingerprint density at radius 2 is 1.86 bits per heavy atom. The number of carbonyl (C=O) groups is 2. The van der Waals surface area contributed by atoms with Crippen molar-refractivity contribution in [3.63, 3.8) is 0 Å². The van der Waals surface area contributed by atoms with Gasteiger partial charge in [0.2, 0.25) is 5.91 Å². The van der Waals surface area contributed by atoms with Gasteiger partial charge in [0.05, 0.1) is 10.8 Å². The number of carbonyl (C=O) groups excluding carboxylic acids is 2. The summed E-state index contributed by atoms with van der Waals surface area (Å²) in [7, 11) is 0. The zero-order valence-electron chi connectivity index (χ0n) is 18.4. The number of nitrogens with one attached hydrogen (secondary N) is 1. The molecule has 35 heavy (non-hydrogen) atoms. The van der Waals surface area contributed by atoms with Crippen LogP contribution < -0.4 is 5.32 Å². The van der Waals surface area contributed by atoms with Crippen molar-refractivity contribution >= 4 is 34.8 Å². The SMILES string of the molecule is O=C(c1ccccc1)[C@@H]1[C@@H](c2ccc([N+](=O)[O-])cc2)[C@H]2CSCN2[C@@]12C(=O)Nc1ccc(F)cc12. The summed E-state index contributed by atoms with van der Waals surface area (Å²) in [6.07, 6.45) is 0. The van der Waals surface area contributed by atoms with E-state index in [4.69, 9.17) is 0 Å². The number of ketones is 1. The topological polar surface area (TPSA) is 92.5 Å². The first-order chi connectivity index (χ1) is 16.9. The monoisotopic (exact) mass is 489 g/mol. The van der Waals surface area contributed by atoms with E-state index >= 15 is 0 Å². The number of nitro benzene ring substituents is 1. The molecule has 1 N–H and O–H groups in total. The molecule has 2 fully saturated rings. The van der Waals surface area contributed by atoms with E-state index in [1.165, 1.54) is 24.3 Å². The van der Waals surface area contributed by atoms with Crippen LogP contribution in [-0.4, -0.2) is 39.2 Å². The van der Waals surface area contributed by atoms with Crippen LogP contribution in [-0.2, 0) is 10.3 Å². The van der Waals surface area contributed by atoms with Gasteiger partial charge in [-0.25, -0.2) is 4.39 Å². The second-order valence-electron chi connectivity index (χ2n) is 9.03. The second kappa shape index (κ2) is 8.00. The Labute approximate surface area is 204 Å². The predicted molar refractivity (Wildman–Crippen MR) is 130 cm³/mol. The first-order valence-electron chi connectivity index (χ1n) is 11.2. The summed E-state index contributed by atoms with van der Waals surface area (Å²) in [5.74, 6) is -1.10. The van der Waals surface area contributed by atoms with Crippen molar-refractivity contribution in [2.45, 2.75) is 17.5 Å². The molecule has 9 heteroatoms. The van der Waals surface area contributed by atoms with Crippen LogP contribution in [0, 0.1) is 21.8 Å². The van der Waals surface area contributed by atoms with Gasteiger partial charge in [-0.15, -0.1) is 11.8 Å². The fraction of sp³-hybridized carbons (Fsp3) is 0.231. The highest BCUT2D eigenvalue weighted by molar-refractivity contribution is 7.99. The number of nitro groups is 1. The van der Waals surface area contributed by atoms with E-state index in [1.54, 1.807) is 54.2 Å². The number of nitrogens with zero attached hydrogens (tertiary/aromatic N) is 2. The minimum Gasteiger partial charge on any atom is -0.324 e. The van der Waals surface area contributed by atoms with Gasteiger partial charge in [-0.1, -0.05) is 42.5 Å². The summed E-state index contributed by atoms with van der Waals surface area (Å²) < 4.78 is 14.5. The van der Waals surface area contributed by atoms with E-state index in [0.717, 1.165) is 5.56 Å². The molecule has 0 aliphatic carbocycles. The minimum atomic E-state index is -1.38. The molecule has 0 bridgehead atoms. The molecule has 1 spiro atoms. The van der Waals surface area contributed by atoms with Gasteiger partial charge < -0.3 is 5.32 Å². The van der Waals surface area contributed by atoms with Gasteiger partial charge in [-0.05, 0) is 23.8 Å². The fourth-order valence-corrected chi connectivity index (χ4v) is 7.35. The van der Waals surface area contributed by atoms with Crippen LogP contribution in [0.1, 0.15) is 27.4 Å². The minimum absolute atomic E-state index is 0.0453. The number of benzene rings is 3. The molecule has 3 heterocycles. The normalized spacial score (nSPS) is 27.0. The Kier molecular flexibility index (Phi) is 5.01. The van der Waals surface area contributed by atoms with E-state index in [0.29, 0.717) is 28.4 Å². The molecule has 2 saturated heterocycles. The molecule has 0 saturated carbocycles. The molecule has 1 amide bonds. The van der Waals surface area contributed by atoms with Crippen molar-refractivity contribution in [3.8, 4) is 0 Å². The number of hydrogen-bond donors (Lipinski definition) is 1. The van der Waals surface area contributed by atoms with E-state index in [9.17, 15) is 24.1 Å². The summed E-state index contributed by atoms with van der Waals surface area (Å²) in [5.41, 5.74) is 0.754. The Balaban J connectivity index is 1.60. The number of fused-ring (bicyclic) bond motifs is 4. The number of hydrogen-bond acceptors (Lipinski definition) is 6. The van der Waals surface area contributed by atoms with E-state index in [1.807, 2.05) is 11.0 Å². The first-order valence-corrected chi connectivity index (χ1v) is 12.4. The Morgan fingerprint density at radius 3 is 2.57 bits per heavy atom. The quantitative estimate of drug-likeness (QED) is 0.328. The van der Waals surface area contributed by atoms with Crippen molar-refractivity contribution in [1.82, 2.24) is 4.90 Å². The maximum Gasteiger partial charge on any atom is 0.269 e. The number of non-ortho nitro benzene ring substituents is 1. The summed E-state index contributed by atoms with van der Waals surface area (Å²) in [5, 5.41) is 14.1. The highest BCUT2D eigenvalue weighted by Gasteiger charge is 2.69. The number of thioether (sulfide) groups is 1. The van der Waals surface area contributed by atoms with Crippen LogP contribution in [0.2, 0.25) is 0 Å². The van der Waals surface area contributed by atoms with Crippen LogP contribution in [0.4, 0.5) is 15.8 Å². The summed E-state index contributed by atoms with van der Waals surface area (Å²) in [4.78, 5) is 40.9. The lowest BCUT2D eigenvalue weighted by molar-refractivity contribution is -0.384. The largest absolute Gasteiger partial charge is 0.324 e. The van der Waals surface area contributed by atoms with Crippen LogP contribution >= 0.6 is 11.8 Å². The molecule has 0 unspecified atom stereocenters. The van der Waals surface area contributed by atoms with Crippen molar-refractivity contribution in [1.29, 1.82) is 0 Å². The molecule has 0 radical (unpaired) electrons. The third-order valence-corrected chi connectivity index (χ3v) is 8.45. The predicted octanol–water partition coefficient (Wildman–Crippen LogP) is 4.55. The zero-order chi connectivity index (χ0) is 24.3. The van der Waals surface area contributed by atoms with E-state index in [-0.39, 0.29) is 23.4 Å². The summed E-state index contributed by atoms with van der Waals surface area (Å²) >= 11 is 1.66. The number of Topliss-reactive ketones (excluding diaryl/α,β-unsaturated/α-hetero) is 1. The molecule has 7 nitrogen and oxygen atoms in total. The van der Waals surface area contributed by atoms with Crippen molar-refractivity contribution in [2.24, 2.45) is 5.92 Å². The fourth-order valence-electron chi connectivity index (χ4n) is 6.02. The molecule has 3 aromatic carbocycles. The lowest BCUT2D eigenvalue weighted by Crippen LogP contribution is -2.52. The van der Waals surface area contributed by atoms with Crippen molar-refractivity contribution in [3.05, 3.63) is 105 Å². The highest BCUT2D eigenvalue weighted by Crippen LogP contribution is 2.61. The summed E-state index contributed by atoms with van der Waals surface area (Å²) in [6.45, 7) is 0. The van der Waals surface area contributed by atoms with Gasteiger partial charge in [-0.2, -0.15) is 0 Å². The van der Waals surface area contributed by atoms with E-state index < -0.39 is 28.1 Å². The average Bonchev–Trinajstić information content (AvgIpc) is 3.53. The van der Waals surface area contributed by atoms with Crippen LogP contribution in [0.3, 0.4) is 0 Å². The van der Waals surface area contributed by atoms with E-state index in [2.05, 4.69) is 5.32 Å². The molecule has 3 aliphatic heterocycles. The molecule has 0 aromatic heterocycles. The van der Waals surface area contributed by atoms with Crippen molar-refractivity contribution < 1.29 is 18.9 Å². The van der Waals surface area contributed by atoms with Gasteiger partial charge >= 0.3 is 0 Å². The first kappa shape index (κ1) is 21.9. The van der Waals surface area contributed by atoms with Gasteiger partial charge in [0.15, 0.2) is 5.78 Å². The molecule has 6 rings (SSSR count). The molecular formula is C26H20FN3O4S. The third kappa shape index (κ3) is 3.08. The Hall–Kier alpha value is -3.56.